The van der Waals surface area contributed by atoms with Crippen molar-refractivity contribution in [2.24, 2.45) is 5.73 Å². The fourth-order valence-corrected chi connectivity index (χ4v) is 0.575. The van der Waals surface area contributed by atoms with Gasteiger partial charge in [0.2, 0.25) is 0 Å². The van der Waals surface area contributed by atoms with E-state index in [1.54, 1.807) is 6.92 Å². The van der Waals surface area contributed by atoms with E-state index in [0.717, 1.165) is 0 Å². The molecule has 2 N–H and O–H groups in total. The van der Waals surface area contributed by atoms with Crippen molar-refractivity contribution in [1.29, 1.82) is 0 Å². The molecule has 76 valence electrons. The SMILES string of the molecule is CC(=O)OCC(C)(N)COC(C)=O. The van der Waals surface area contributed by atoms with Crippen molar-refractivity contribution in [1.82, 2.24) is 0 Å². The minimum Gasteiger partial charge on any atom is -0.464 e. The van der Waals surface area contributed by atoms with E-state index in [0.29, 0.717) is 0 Å². The fraction of sp³-hybridized carbons (Fsp3) is 0.750. The van der Waals surface area contributed by atoms with Crippen LogP contribution in [0.25, 0.3) is 0 Å². The van der Waals surface area contributed by atoms with Gasteiger partial charge in [-0.25, -0.2) is 0 Å². The highest BCUT2D eigenvalue weighted by atomic mass is 16.5. The van der Waals surface area contributed by atoms with Crippen molar-refractivity contribution in [3.05, 3.63) is 0 Å². The van der Waals surface area contributed by atoms with E-state index in [2.05, 4.69) is 9.47 Å². The maximum atomic E-state index is 10.4. The Morgan fingerprint density at radius 1 is 1.15 bits per heavy atom. The Hall–Kier alpha value is -1.10. The summed E-state index contributed by atoms with van der Waals surface area (Å²) in [6, 6.07) is 0. The maximum absolute atomic E-state index is 10.4. The Balaban J connectivity index is 3.79. The summed E-state index contributed by atoms with van der Waals surface area (Å²) >= 11 is 0. The van der Waals surface area contributed by atoms with Crippen molar-refractivity contribution < 1.29 is 19.1 Å². The molecule has 13 heavy (non-hydrogen) atoms. The van der Waals surface area contributed by atoms with Gasteiger partial charge in [0.05, 0.1) is 5.54 Å². The molecule has 0 rings (SSSR count). The molecule has 0 aliphatic carbocycles. The van der Waals surface area contributed by atoms with Crippen LogP contribution in [0.4, 0.5) is 0 Å². The first kappa shape index (κ1) is 11.9. The molecule has 0 saturated carbocycles. The normalized spacial score (nSPS) is 10.8. The highest BCUT2D eigenvalue weighted by molar-refractivity contribution is 5.66. The molecular formula is C8H15NO4. The fourth-order valence-electron chi connectivity index (χ4n) is 0.575. The summed E-state index contributed by atoms with van der Waals surface area (Å²) < 4.78 is 9.37. The highest BCUT2D eigenvalue weighted by Gasteiger charge is 2.21. The maximum Gasteiger partial charge on any atom is 0.302 e. The molecule has 0 amide bonds. The van der Waals surface area contributed by atoms with Gasteiger partial charge in [-0.05, 0) is 6.92 Å². The quantitative estimate of drug-likeness (QED) is 0.621. The summed E-state index contributed by atoms with van der Waals surface area (Å²) in [5.41, 5.74) is 4.84. The second-order valence-corrected chi connectivity index (χ2v) is 3.21. The van der Waals surface area contributed by atoms with Gasteiger partial charge in [-0.3, -0.25) is 9.59 Å². The Morgan fingerprint density at radius 3 is 1.69 bits per heavy atom. The van der Waals surface area contributed by atoms with E-state index in [4.69, 9.17) is 5.73 Å². The second kappa shape index (κ2) is 4.81. The van der Waals surface area contributed by atoms with Gasteiger partial charge in [-0.2, -0.15) is 0 Å². The van der Waals surface area contributed by atoms with Gasteiger partial charge in [-0.15, -0.1) is 0 Å². The highest BCUT2D eigenvalue weighted by Crippen LogP contribution is 2.01. The summed E-state index contributed by atoms with van der Waals surface area (Å²) in [4.78, 5) is 20.9. The first-order chi connectivity index (χ1) is 5.83. The third-order valence-corrected chi connectivity index (χ3v) is 1.21. The molecule has 0 saturated heterocycles. The van der Waals surface area contributed by atoms with Crippen LogP contribution >= 0.6 is 0 Å². The Labute approximate surface area is 77.2 Å². The lowest BCUT2D eigenvalue weighted by Crippen LogP contribution is -2.46. The number of rotatable bonds is 4. The summed E-state index contributed by atoms with van der Waals surface area (Å²) in [5, 5.41) is 0. The molecule has 0 fully saturated rings. The van der Waals surface area contributed by atoms with Crippen LogP contribution in [-0.2, 0) is 19.1 Å². The van der Waals surface area contributed by atoms with Crippen LogP contribution < -0.4 is 5.73 Å². The third kappa shape index (κ3) is 7.27. The minimum atomic E-state index is -0.822. The largest absolute Gasteiger partial charge is 0.464 e. The Kier molecular flexibility index (Phi) is 4.40. The molecule has 0 aliphatic heterocycles. The average molecular weight is 189 g/mol. The van der Waals surface area contributed by atoms with Crippen LogP contribution in [0.15, 0.2) is 0 Å². The van der Waals surface area contributed by atoms with Crippen molar-refractivity contribution in [2.75, 3.05) is 13.2 Å². The molecule has 0 aromatic heterocycles. The predicted molar refractivity (Wildman–Crippen MR) is 45.9 cm³/mol. The number of hydrogen-bond donors (Lipinski definition) is 1. The van der Waals surface area contributed by atoms with Crippen LogP contribution in [0.1, 0.15) is 20.8 Å². The lowest BCUT2D eigenvalue weighted by molar-refractivity contribution is -0.146. The zero-order valence-electron chi connectivity index (χ0n) is 8.12. The third-order valence-electron chi connectivity index (χ3n) is 1.21. The number of carbonyl (C=O) groups excluding carboxylic acids is 2. The molecule has 0 radical (unpaired) electrons. The van der Waals surface area contributed by atoms with Gasteiger partial charge < -0.3 is 15.2 Å². The number of nitrogens with two attached hydrogens (primary N) is 1. The second-order valence-electron chi connectivity index (χ2n) is 3.21. The molecule has 0 unspecified atom stereocenters. The molecule has 0 aromatic rings. The van der Waals surface area contributed by atoms with Gasteiger partial charge in [0.25, 0.3) is 0 Å². The summed E-state index contributed by atoms with van der Waals surface area (Å²) in [6.07, 6.45) is 0. The zero-order valence-corrected chi connectivity index (χ0v) is 8.12. The topological polar surface area (TPSA) is 78.6 Å². The monoisotopic (exact) mass is 189 g/mol. The molecular weight excluding hydrogens is 174 g/mol. The summed E-state index contributed by atoms with van der Waals surface area (Å²) in [7, 11) is 0. The van der Waals surface area contributed by atoms with E-state index in [1.165, 1.54) is 13.8 Å². The standard InChI is InChI=1S/C8H15NO4/c1-6(10)12-4-8(3,9)5-13-7(2)11/h4-5,9H2,1-3H3. The molecule has 5 heteroatoms. The molecule has 0 aromatic carbocycles. The van der Waals surface area contributed by atoms with E-state index < -0.39 is 17.5 Å². The number of hydrogen-bond acceptors (Lipinski definition) is 5. The Bertz CT molecular complexity index is 180. The predicted octanol–water partition coefficient (Wildman–Crippen LogP) is -0.170. The molecule has 0 bridgehead atoms. The van der Waals surface area contributed by atoms with Gasteiger partial charge in [0, 0.05) is 13.8 Å². The summed E-state index contributed by atoms with van der Waals surface area (Å²) in [6.45, 7) is 4.30. The van der Waals surface area contributed by atoms with Gasteiger partial charge in [-0.1, -0.05) is 0 Å². The molecule has 0 atom stereocenters. The Morgan fingerprint density at radius 2 is 1.46 bits per heavy atom. The van der Waals surface area contributed by atoms with Crippen molar-refractivity contribution in [3.63, 3.8) is 0 Å². The van der Waals surface area contributed by atoms with Crippen molar-refractivity contribution in [3.8, 4) is 0 Å². The molecule has 0 spiro atoms. The van der Waals surface area contributed by atoms with Crippen LogP contribution in [0.2, 0.25) is 0 Å². The van der Waals surface area contributed by atoms with Gasteiger partial charge >= 0.3 is 11.9 Å². The minimum absolute atomic E-state index is 0.0373. The van der Waals surface area contributed by atoms with Gasteiger partial charge in [0.15, 0.2) is 0 Å². The van der Waals surface area contributed by atoms with E-state index in [1.807, 2.05) is 0 Å². The molecule has 5 nitrogen and oxygen atoms in total. The zero-order chi connectivity index (χ0) is 10.5. The average Bonchev–Trinajstić information content (AvgIpc) is 1.98. The smallest absolute Gasteiger partial charge is 0.302 e. The molecule has 0 aliphatic rings. The lowest BCUT2D eigenvalue weighted by Gasteiger charge is -2.22. The number of esters is 2. The van der Waals surface area contributed by atoms with Gasteiger partial charge in [0.1, 0.15) is 13.2 Å². The van der Waals surface area contributed by atoms with Crippen LogP contribution in [-0.4, -0.2) is 30.7 Å². The van der Waals surface area contributed by atoms with Crippen molar-refractivity contribution >= 4 is 11.9 Å². The molecule has 0 heterocycles. The van der Waals surface area contributed by atoms with Crippen LogP contribution in [0, 0.1) is 0 Å². The first-order valence-electron chi connectivity index (χ1n) is 3.89. The first-order valence-corrected chi connectivity index (χ1v) is 3.89. The van der Waals surface area contributed by atoms with E-state index >= 15 is 0 Å². The van der Waals surface area contributed by atoms with Crippen LogP contribution in [0.5, 0.6) is 0 Å². The van der Waals surface area contributed by atoms with E-state index in [9.17, 15) is 9.59 Å². The van der Waals surface area contributed by atoms with E-state index in [-0.39, 0.29) is 13.2 Å². The van der Waals surface area contributed by atoms with Crippen molar-refractivity contribution in [2.45, 2.75) is 26.3 Å². The summed E-state index contributed by atoms with van der Waals surface area (Å²) in [5.74, 6) is -0.806. The number of ether oxygens (including phenoxy) is 2. The number of carbonyl (C=O) groups is 2. The van der Waals surface area contributed by atoms with Crippen LogP contribution in [0.3, 0.4) is 0 Å². The lowest BCUT2D eigenvalue weighted by atomic mass is 10.1.